The Labute approximate surface area is 166 Å². The normalized spacial score (nSPS) is 17.7. The molecule has 1 saturated heterocycles. The molecule has 1 N–H and O–H groups in total. The lowest BCUT2D eigenvalue weighted by molar-refractivity contribution is -0.138. The number of halogens is 4. The first-order chi connectivity index (χ1) is 12.3. The van der Waals surface area contributed by atoms with Crippen molar-refractivity contribution in [2.75, 3.05) is 13.1 Å². The highest BCUT2D eigenvalue weighted by atomic mass is 79.9. The van der Waals surface area contributed by atoms with Gasteiger partial charge in [-0.05, 0) is 58.2 Å². The van der Waals surface area contributed by atoms with Gasteiger partial charge in [0.2, 0.25) is 0 Å². The molecule has 0 bridgehead atoms. The number of hydrogen-bond acceptors (Lipinski definition) is 3. The predicted molar refractivity (Wildman–Crippen MR) is 101 cm³/mol. The van der Waals surface area contributed by atoms with Crippen molar-refractivity contribution in [3.8, 4) is 0 Å². The number of rotatable bonds is 3. The molecule has 1 aliphatic rings. The minimum atomic E-state index is -4.37. The predicted octanol–water partition coefficient (Wildman–Crippen LogP) is 5.35. The van der Waals surface area contributed by atoms with E-state index in [0.717, 1.165) is 24.5 Å². The van der Waals surface area contributed by atoms with E-state index < -0.39 is 17.3 Å². The highest BCUT2D eigenvalue weighted by Crippen LogP contribution is 2.35. The second-order valence-electron chi connectivity index (χ2n) is 8.19. The first-order valence-corrected chi connectivity index (χ1v) is 9.67. The summed E-state index contributed by atoms with van der Waals surface area (Å²) in [5.41, 5.74) is -0.617. The summed E-state index contributed by atoms with van der Waals surface area (Å²) in [5.74, 6) is 0. The molecule has 4 nitrogen and oxygen atoms in total. The monoisotopic (exact) mass is 450 g/mol. The van der Waals surface area contributed by atoms with Crippen molar-refractivity contribution in [1.29, 1.82) is 0 Å². The number of carbonyl (C=O) groups excluding carboxylic acids is 1. The zero-order chi connectivity index (χ0) is 20.5. The Morgan fingerprint density at radius 2 is 1.85 bits per heavy atom. The number of piperidine rings is 1. The van der Waals surface area contributed by atoms with Crippen LogP contribution in [0.3, 0.4) is 0 Å². The van der Waals surface area contributed by atoms with Gasteiger partial charge in [0.05, 0.1) is 5.56 Å². The summed E-state index contributed by atoms with van der Waals surface area (Å²) in [6, 6.07) is 4.07. The van der Waals surface area contributed by atoms with Crippen molar-refractivity contribution in [2.24, 2.45) is 0 Å². The average Bonchev–Trinajstić information content (AvgIpc) is 2.51. The summed E-state index contributed by atoms with van der Waals surface area (Å²) in [6.07, 6.45) is -3.19. The first kappa shape index (κ1) is 22.0. The molecule has 0 unspecified atom stereocenters. The fourth-order valence-corrected chi connectivity index (χ4v) is 3.55. The summed E-state index contributed by atoms with van der Waals surface area (Å²) < 4.78 is 43.9. The summed E-state index contributed by atoms with van der Waals surface area (Å²) in [7, 11) is 0. The Kier molecular flexibility index (Phi) is 6.52. The number of alkyl halides is 3. The van der Waals surface area contributed by atoms with Crippen molar-refractivity contribution in [3.05, 3.63) is 33.8 Å². The molecule has 0 atom stereocenters. The van der Waals surface area contributed by atoms with Gasteiger partial charge in [-0.15, -0.1) is 0 Å². The van der Waals surface area contributed by atoms with E-state index in [9.17, 15) is 18.0 Å². The van der Waals surface area contributed by atoms with Gasteiger partial charge >= 0.3 is 12.3 Å². The molecule has 1 aromatic rings. The molecule has 1 aromatic carbocycles. The minimum absolute atomic E-state index is 0.0409. The van der Waals surface area contributed by atoms with E-state index in [1.165, 1.54) is 12.1 Å². The lowest BCUT2D eigenvalue weighted by Gasteiger charge is -2.40. The fraction of sp³-hybridized carbons (Fsp3) is 0.632. The molecule has 1 amide bonds. The molecular formula is C19H26BrF3N2O2. The maximum Gasteiger partial charge on any atom is 0.417 e. The number of amides is 1. The first-order valence-electron chi connectivity index (χ1n) is 8.88. The third-order valence-corrected chi connectivity index (χ3v) is 5.23. The third kappa shape index (κ3) is 6.38. The molecule has 0 aliphatic carbocycles. The molecule has 0 spiro atoms. The highest BCUT2D eigenvalue weighted by Gasteiger charge is 2.34. The van der Waals surface area contributed by atoms with Crippen molar-refractivity contribution >= 4 is 22.0 Å². The van der Waals surface area contributed by atoms with Gasteiger partial charge in [-0.2, -0.15) is 13.2 Å². The van der Waals surface area contributed by atoms with E-state index in [1.807, 2.05) is 20.8 Å². The van der Waals surface area contributed by atoms with Crippen LogP contribution < -0.4 is 5.32 Å². The number of hydrogen-bond donors (Lipinski definition) is 1. The second kappa shape index (κ2) is 7.99. The maximum absolute atomic E-state index is 12.8. The number of benzene rings is 1. The SMILES string of the molecule is CC1(NCc2ccc(C(F)(F)F)c(Br)c2)CCN(C(=O)OC(C)(C)C)CC1. The standard InChI is InChI=1S/C19H26BrF3N2O2/c1-17(2,3)27-16(26)25-9-7-18(4,8-10-25)24-12-13-5-6-14(15(20)11-13)19(21,22)23/h5-6,11,24H,7-10,12H2,1-4H3. The van der Waals surface area contributed by atoms with Crippen LogP contribution in [0, 0.1) is 0 Å². The lowest BCUT2D eigenvalue weighted by Crippen LogP contribution is -2.53. The van der Waals surface area contributed by atoms with E-state index in [0.29, 0.717) is 19.6 Å². The number of likely N-dealkylation sites (tertiary alicyclic amines) is 1. The van der Waals surface area contributed by atoms with Crippen molar-refractivity contribution in [2.45, 2.75) is 64.4 Å². The molecular weight excluding hydrogens is 425 g/mol. The number of nitrogens with one attached hydrogen (secondary N) is 1. The van der Waals surface area contributed by atoms with Gasteiger partial charge in [-0.25, -0.2) is 4.79 Å². The molecule has 0 aromatic heterocycles. The van der Waals surface area contributed by atoms with Crippen LogP contribution in [0.4, 0.5) is 18.0 Å². The number of nitrogens with zero attached hydrogens (tertiary/aromatic N) is 1. The molecule has 1 heterocycles. The summed E-state index contributed by atoms with van der Waals surface area (Å²) in [4.78, 5) is 13.8. The zero-order valence-electron chi connectivity index (χ0n) is 16.0. The van der Waals surface area contributed by atoms with Crippen LogP contribution in [0.2, 0.25) is 0 Å². The van der Waals surface area contributed by atoms with Crippen LogP contribution in [-0.4, -0.2) is 35.2 Å². The van der Waals surface area contributed by atoms with Crippen LogP contribution in [0.15, 0.2) is 22.7 Å². The zero-order valence-corrected chi connectivity index (χ0v) is 17.6. The molecule has 152 valence electrons. The van der Waals surface area contributed by atoms with E-state index in [-0.39, 0.29) is 16.1 Å². The van der Waals surface area contributed by atoms with Crippen molar-refractivity contribution in [3.63, 3.8) is 0 Å². The Hall–Kier alpha value is -1.28. The van der Waals surface area contributed by atoms with Crippen molar-refractivity contribution < 1.29 is 22.7 Å². The minimum Gasteiger partial charge on any atom is -0.444 e. The van der Waals surface area contributed by atoms with Gasteiger partial charge in [0, 0.05) is 29.6 Å². The van der Waals surface area contributed by atoms with Gasteiger partial charge in [0.25, 0.3) is 0 Å². The molecule has 1 aliphatic heterocycles. The van der Waals surface area contributed by atoms with Gasteiger partial charge in [0.15, 0.2) is 0 Å². The molecule has 2 rings (SSSR count). The quantitative estimate of drug-likeness (QED) is 0.674. The number of ether oxygens (including phenoxy) is 1. The molecule has 27 heavy (non-hydrogen) atoms. The van der Waals surface area contributed by atoms with Crippen LogP contribution in [0.1, 0.15) is 51.7 Å². The third-order valence-electron chi connectivity index (χ3n) is 4.58. The van der Waals surface area contributed by atoms with Gasteiger partial charge in [-0.3, -0.25) is 0 Å². The van der Waals surface area contributed by atoms with E-state index in [4.69, 9.17) is 4.74 Å². The van der Waals surface area contributed by atoms with Gasteiger partial charge in [0.1, 0.15) is 5.60 Å². The Balaban J connectivity index is 1.90. The molecule has 0 saturated carbocycles. The van der Waals surface area contributed by atoms with E-state index in [2.05, 4.69) is 28.2 Å². The molecule has 1 fully saturated rings. The smallest absolute Gasteiger partial charge is 0.417 e. The van der Waals surface area contributed by atoms with Crippen LogP contribution in [0.25, 0.3) is 0 Å². The summed E-state index contributed by atoms with van der Waals surface area (Å²) >= 11 is 3.00. The van der Waals surface area contributed by atoms with Crippen LogP contribution >= 0.6 is 15.9 Å². The largest absolute Gasteiger partial charge is 0.444 e. The maximum atomic E-state index is 12.8. The molecule has 8 heteroatoms. The average molecular weight is 451 g/mol. The second-order valence-corrected chi connectivity index (χ2v) is 9.05. The summed E-state index contributed by atoms with van der Waals surface area (Å²) in [5, 5.41) is 3.43. The van der Waals surface area contributed by atoms with Gasteiger partial charge in [-0.1, -0.05) is 22.0 Å². The summed E-state index contributed by atoms with van der Waals surface area (Å²) in [6.45, 7) is 9.19. The molecule has 0 radical (unpaired) electrons. The van der Waals surface area contributed by atoms with Crippen LogP contribution in [0.5, 0.6) is 0 Å². The lowest BCUT2D eigenvalue weighted by atomic mass is 9.89. The Morgan fingerprint density at radius 1 is 1.26 bits per heavy atom. The topological polar surface area (TPSA) is 41.6 Å². The van der Waals surface area contributed by atoms with Gasteiger partial charge < -0.3 is 15.0 Å². The van der Waals surface area contributed by atoms with Crippen LogP contribution in [-0.2, 0) is 17.5 Å². The van der Waals surface area contributed by atoms with E-state index in [1.54, 1.807) is 4.90 Å². The number of carbonyl (C=O) groups is 1. The van der Waals surface area contributed by atoms with E-state index >= 15 is 0 Å². The fourth-order valence-electron chi connectivity index (χ4n) is 2.90. The highest BCUT2D eigenvalue weighted by molar-refractivity contribution is 9.10. The Bertz CT molecular complexity index is 679. The van der Waals surface area contributed by atoms with Crippen molar-refractivity contribution in [1.82, 2.24) is 10.2 Å². The Morgan fingerprint density at radius 3 is 2.33 bits per heavy atom.